The van der Waals surface area contributed by atoms with Crippen molar-refractivity contribution in [3.63, 3.8) is 0 Å². The second kappa shape index (κ2) is 26.0. The van der Waals surface area contributed by atoms with Gasteiger partial charge in [0, 0.05) is 76.0 Å². The van der Waals surface area contributed by atoms with E-state index in [9.17, 15) is 24.3 Å². The lowest BCUT2D eigenvalue weighted by molar-refractivity contribution is -0.144. The third-order valence-electron chi connectivity index (χ3n) is 15.1. The van der Waals surface area contributed by atoms with Crippen LogP contribution < -0.4 is 26.0 Å². The number of carbonyl (C=O) groups excluding carboxylic acids is 4. The van der Waals surface area contributed by atoms with Crippen molar-refractivity contribution in [3.8, 4) is 33.2 Å². The minimum Gasteiger partial charge on any atom is -0.507 e. The van der Waals surface area contributed by atoms with Gasteiger partial charge in [0.25, 0.3) is 0 Å². The number of hydrogen-bond acceptors (Lipinski definition) is 13. The molecule has 3 aliphatic rings. The molecule has 5 N–H and O–H groups in total. The maximum absolute atomic E-state index is 14.1. The number of piperazine rings is 1. The minimum absolute atomic E-state index is 0.0490. The molecular weight excluding hydrogens is 977 g/mol. The molecule has 5 heterocycles. The number of anilines is 2. The van der Waals surface area contributed by atoms with Gasteiger partial charge >= 0.3 is 0 Å². The lowest BCUT2D eigenvalue weighted by Crippen LogP contribution is -2.57. The van der Waals surface area contributed by atoms with Gasteiger partial charge in [0.2, 0.25) is 23.6 Å². The number of ether oxygens (including phenoxy) is 1. The van der Waals surface area contributed by atoms with E-state index in [1.807, 2.05) is 63.2 Å². The highest BCUT2D eigenvalue weighted by molar-refractivity contribution is 7.13. The number of amides is 4. The second-order valence-electron chi connectivity index (χ2n) is 21.9. The molecule has 0 spiro atoms. The molecular formula is C59H78N10O6S. The Bertz CT molecular complexity index is 2740. The Hall–Kier alpha value is -6.59. The highest BCUT2D eigenvalue weighted by Crippen LogP contribution is 2.33. The maximum atomic E-state index is 14.1. The van der Waals surface area contributed by atoms with Crippen molar-refractivity contribution < 1.29 is 29.0 Å². The predicted molar refractivity (Wildman–Crippen MR) is 300 cm³/mol. The van der Waals surface area contributed by atoms with Gasteiger partial charge in [0.05, 0.1) is 22.1 Å². The van der Waals surface area contributed by atoms with Crippen LogP contribution in [-0.4, -0.2) is 123 Å². The van der Waals surface area contributed by atoms with Crippen LogP contribution in [0.2, 0.25) is 0 Å². The number of para-hydroxylation sites is 1. The lowest BCUT2D eigenvalue weighted by Gasteiger charge is -2.36. The summed E-state index contributed by atoms with van der Waals surface area (Å²) < 4.78 is 6.38. The first kappa shape index (κ1) is 55.6. The summed E-state index contributed by atoms with van der Waals surface area (Å²) in [4.78, 5) is 68.1. The Morgan fingerprint density at radius 1 is 0.829 bits per heavy atom. The molecule has 4 atom stereocenters. The van der Waals surface area contributed by atoms with Crippen LogP contribution in [0, 0.1) is 12.3 Å². The van der Waals surface area contributed by atoms with Gasteiger partial charge in [-0.3, -0.25) is 24.1 Å². The summed E-state index contributed by atoms with van der Waals surface area (Å²) >= 11 is 1.61. The van der Waals surface area contributed by atoms with E-state index in [-0.39, 0.29) is 47.3 Å². The molecule has 3 saturated heterocycles. The first-order chi connectivity index (χ1) is 36.6. The standard InChI is InChI=1S/C59H78N10O6S/c1-40(43-24-26-44(27-25-43)54-41(2)61-39-76-54)62-57(73)49-18-15-31-69(49)58(74)55(59(3,4)5)63-52(71)20-10-8-6-7-9-11-21-53(72)68-34-32-67(33-35-68)45-28-22-42(23-29-45)37-66-30-14-16-46(38-66)75-51-36-48(64-65-56(51)60)47-17-12-13-19-50(47)70/h12-13,17,19,22-29,36,39-40,46,49,55,70H,6-11,14-16,18,20-21,30-35,37-38H2,1-5H3,(H2,60,65)(H,62,73)(H,63,71)/t40-,46?,49-,55+/m0/s1. The van der Waals surface area contributed by atoms with Gasteiger partial charge in [-0.15, -0.1) is 21.5 Å². The average molecular weight is 1060 g/mol. The monoisotopic (exact) mass is 1050 g/mol. The number of likely N-dealkylation sites (tertiary alicyclic amines) is 2. The molecule has 0 radical (unpaired) electrons. The van der Waals surface area contributed by atoms with E-state index in [4.69, 9.17) is 10.5 Å². The molecule has 76 heavy (non-hydrogen) atoms. The Morgan fingerprint density at radius 2 is 1.53 bits per heavy atom. The minimum atomic E-state index is -0.748. The third kappa shape index (κ3) is 14.7. The second-order valence-corrected chi connectivity index (χ2v) is 22.8. The summed E-state index contributed by atoms with van der Waals surface area (Å²) in [6, 6.07) is 24.1. The molecule has 16 nitrogen and oxygen atoms in total. The molecule has 0 bridgehead atoms. The SMILES string of the molecule is Cc1ncsc1-c1ccc([C@H](C)NC(=O)[C@@H]2CCCN2C(=O)[C@@H](NC(=O)CCCCCCCCC(=O)N2CCN(c3ccc(CN4CCCC(Oc5cc(-c6ccccc6O)nnc5N)C4)cc3)CC2)C(C)(C)C)cc1. The van der Waals surface area contributed by atoms with Gasteiger partial charge in [0.1, 0.15) is 29.6 Å². The summed E-state index contributed by atoms with van der Waals surface area (Å²) in [7, 11) is 0. The zero-order valence-corrected chi connectivity index (χ0v) is 46.0. The molecule has 2 aromatic heterocycles. The number of nitrogens with zero attached hydrogens (tertiary/aromatic N) is 7. The van der Waals surface area contributed by atoms with Crippen LogP contribution in [0.1, 0.15) is 128 Å². The Labute approximate surface area is 452 Å². The topological polar surface area (TPSA) is 199 Å². The molecule has 5 aromatic rings. The van der Waals surface area contributed by atoms with Gasteiger partial charge in [-0.05, 0) is 105 Å². The fourth-order valence-electron chi connectivity index (χ4n) is 10.7. The summed E-state index contributed by atoms with van der Waals surface area (Å²) in [5, 5.41) is 24.8. The van der Waals surface area contributed by atoms with E-state index < -0.39 is 17.5 Å². The Morgan fingerprint density at radius 3 is 2.22 bits per heavy atom. The predicted octanol–water partition coefficient (Wildman–Crippen LogP) is 9.08. The van der Waals surface area contributed by atoms with Gasteiger partial charge in [-0.1, -0.05) is 95.0 Å². The molecule has 0 saturated carbocycles. The van der Waals surface area contributed by atoms with Gasteiger partial charge in [0.15, 0.2) is 11.6 Å². The van der Waals surface area contributed by atoms with E-state index in [1.165, 1.54) is 11.3 Å². The zero-order valence-electron chi connectivity index (χ0n) is 45.1. The first-order valence-electron chi connectivity index (χ1n) is 27.4. The largest absolute Gasteiger partial charge is 0.507 e. The third-order valence-corrected chi connectivity index (χ3v) is 16.1. The number of nitrogen functional groups attached to an aromatic ring is 1. The van der Waals surface area contributed by atoms with Gasteiger partial charge < -0.3 is 40.9 Å². The molecule has 406 valence electrons. The molecule has 0 aliphatic carbocycles. The van der Waals surface area contributed by atoms with Crippen LogP contribution in [-0.2, 0) is 25.7 Å². The van der Waals surface area contributed by atoms with Crippen molar-refractivity contribution >= 4 is 46.5 Å². The van der Waals surface area contributed by atoms with E-state index in [0.29, 0.717) is 55.9 Å². The number of carbonyl (C=O) groups is 4. The van der Waals surface area contributed by atoms with E-state index in [2.05, 4.69) is 72.0 Å². The molecule has 4 amide bonds. The fraction of sp³-hybridized carbons (Fsp3) is 0.508. The number of aromatic hydroxyl groups is 1. The van der Waals surface area contributed by atoms with Crippen LogP contribution in [0.3, 0.4) is 0 Å². The number of aromatic nitrogens is 3. The van der Waals surface area contributed by atoms with Gasteiger partial charge in [-0.25, -0.2) is 4.98 Å². The number of hydrogen-bond donors (Lipinski definition) is 4. The number of benzene rings is 3. The lowest BCUT2D eigenvalue weighted by atomic mass is 9.85. The maximum Gasteiger partial charge on any atom is 0.246 e. The summed E-state index contributed by atoms with van der Waals surface area (Å²) in [6.45, 7) is 15.9. The summed E-state index contributed by atoms with van der Waals surface area (Å²) in [5.74, 6) is 0.512. The molecule has 3 fully saturated rings. The highest BCUT2D eigenvalue weighted by atomic mass is 32.1. The smallest absolute Gasteiger partial charge is 0.246 e. The molecule has 3 aliphatic heterocycles. The molecule has 17 heteroatoms. The number of piperidine rings is 1. The van der Waals surface area contributed by atoms with Crippen molar-refractivity contribution in [2.75, 3.05) is 56.4 Å². The van der Waals surface area contributed by atoms with E-state index in [0.717, 1.165) is 112 Å². The van der Waals surface area contributed by atoms with Crippen LogP contribution in [0.5, 0.6) is 11.5 Å². The summed E-state index contributed by atoms with van der Waals surface area (Å²) in [5.41, 5.74) is 14.0. The molecule has 1 unspecified atom stereocenters. The zero-order chi connectivity index (χ0) is 53.8. The molecule has 3 aromatic carbocycles. The normalized spacial score (nSPS) is 18.0. The number of nitrogens with one attached hydrogen (secondary N) is 2. The van der Waals surface area contributed by atoms with E-state index >= 15 is 0 Å². The quantitative estimate of drug-likeness (QED) is 0.0509. The van der Waals surface area contributed by atoms with Crippen molar-refractivity contribution in [1.82, 2.24) is 40.5 Å². The van der Waals surface area contributed by atoms with Crippen LogP contribution in [0.25, 0.3) is 21.7 Å². The number of nitrogens with two attached hydrogens (primary N) is 1. The van der Waals surface area contributed by atoms with Crippen LogP contribution in [0.15, 0.2) is 84.4 Å². The first-order valence-corrected chi connectivity index (χ1v) is 28.3. The highest BCUT2D eigenvalue weighted by Gasteiger charge is 2.42. The van der Waals surface area contributed by atoms with Crippen molar-refractivity contribution in [1.29, 1.82) is 0 Å². The number of phenolic OH excluding ortho intramolecular Hbond substituents is 1. The number of thiazole rings is 1. The fourth-order valence-corrected chi connectivity index (χ4v) is 11.5. The summed E-state index contributed by atoms with van der Waals surface area (Å²) in [6.07, 6.45) is 9.49. The average Bonchev–Trinajstić information content (AvgIpc) is 4.09. The number of aryl methyl sites for hydroxylation is 1. The van der Waals surface area contributed by atoms with Crippen molar-refractivity contribution in [2.45, 2.75) is 142 Å². The van der Waals surface area contributed by atoms with E-state index in [1.54, 1.807) is 40.5 Å². The van der Waals surface area contributed by atoms with Crippen LogP contribution >= 0.6 is 11.3 Å². The molecule has 8 rings (SSSR count). The number of rotatable bonds is 21. The van der Waals surface area contributed by atoms with Crippen molar-refractivity contribution in [3.05, 3.63) is 101 Å². The van der Waals surface area contributed by atoms with Gasteiger partial charge in [-0.2, -0.15) is 0 Å². The Balaban J connectivity index is 0.685. The Kier molecular flexibility index (Phi) is 19.0. The van der Waals surface area contributed by atoms with Crippen molar-refractivity contribution in [2.24, 2.45) is 5.41 Å². The van der Waals surface area contributed by atoms with Crippen LogP contribution in [0.4, 0.5) is 11.5 Å². The number of unbranched alkanes of at least 4 members (excludes halogenated alkanes) is 5. The number of phenols is 1.